The van der Waals surface area contributed by atoms with E-state index < -0.39 is 21.1 Å². The number of aromatic nitrogens is 1. The summed E-state index contributed by atoms with van der Waals surface area (Å²) in [4.78, 5) is 24.2. The van der Waals surface area contributed by atoms with Gasteiger partial charge in [0.1, 0.15) is 5.37 Å². The monoisotopic (exact) mass is 512 g/mol. The van der Waals surface area contributed by atoms with Crippen LogP contribution in [0.2, 0.25) is 0 Å². The molecule has 0 fully saturated rings. The van der Waals surface area contributed by atoms with Crippen molar-refractivity contribution in [2.24, 2.45) is 5.10 Å². The van der Waals surface area contributed by atoms with Gasteiger partial charge in [0, 0.05) is 18.0 Å². The summed E-state index contributed by atoms with van der Waals surface area (Å²) in [5.41, 5.74) is 3.11. The predicted molar refractivity (Wildman–Crippen MR) is 134 cm³/mol. The summed E-state index contributed by atoms with van der Waals surface area (Å²) in [6.07, 6.45) is 4.23. The Balaban J connectivity index is 1.54. The molecule has 2 aromatic carbocycles. The molecule has 0 aliphatic carbocycles. The topological polar surface area (TPSA) is 122 Å². The Morgan fingerprint density at radius 2 is 1.86 bits per heavy atom. The molecular weight excluding hydrogens is 488 g/mol. The number of rotatable bonds is 8. The molecular formula is C24H24N4O5S2. The van der Waals surface area contributed by atoms with Crippen molar-refractivity contribution in [3.63, 3.8) is 0 Å². The molecule has 1 aliphatic heterocycles. The molecule has 1 amide bonds. The Hall–Kier alpha value is -3.44. The molecule has 11 heteroatoms. The maximum absolute atomic E-state index is 12.1. The second-order valence-corrected chi connectivity index (χ2v) is 11.3. The lowest BCUT2D eigenvalue weighted by molar-refractivity contribution is -0.110. The van der Waals surface area contributed by atoms with Crippen LogP contribution in [0, 0.1) is 0 Å². The Kier molecular flexibility index (Phi) is 7.37. The van der Waals surface area contributed by atoms with Gasteiger partial charge in [-0.05, 0) is 41.8 Å². The van der Waals surface area contributed by atoms with Gasteiger partial charge in [-0.2, -0.15) is 5.10 Å². The van der Waals surface area contributed by atoms with Gasteiger partial charge in [0.25, 0.3) is 5.91 Å². The van der Waals surface area contributed by atoms with Crippen molar-refractivity contribution in [3.8, 4) is 0 Å². The number of hydrogen-bond acceptors (Lipinski definition) is 9. The van der Waals surface area contributed by atoms with E-state index in [1.54, 1.807) is 41.4 Å². The van der Waals surface area contributed by atoms with E-state index in [0.717, 1.165) is 29.5 Å². The maximum Gasteiger partial charge on any atom is 0.294 e. The molecule has 1 unspecified atom stereocenters. The minimum atomic E-state index is -3.29. The highest BCUT2D eigenvalue weighted by Gasteiger charge is 2.31. The first-order chi connectivity index (χ1) is 16.8. The SMILES string of the molecule is CC[C@H]1SC(C=O)N(Cc2ccc(NC(=O)c3ccno3)cc2)N=C1c1ccc(S(C)(=O)=O)cc1. The summed E-state index contributed by atoms with van der Waals surface area (Å²) in [5.74, 6) is -0.282. The molecule has 4 rings (SSSR count). The number of hydrazone groups is 1. The van der Waals surface area contributed by atoms with Crippen LogP contribution >= 0.6 is 11.8 Å². The lowest BCUT2D eigenvalue weighted by Crippen LogP contribution is -2.39. The third-order valence-corrected chi connectivity index (χ3v) is 8.07. The first-order valence-corrected chi connectivity index (χ1v) is 13.7. The lowest BCUT2D eigenvalue weighted by atomic mass is 10.1. The van der Waals surface area contributed by atoms with E-state index in [4.69, 9.17) is 9.62 Å². The van der Waals surface area contributed by atoms with Gasteiger partial charge in [0.15, 0.2) is 16.1 Å². The number of nitrogens with zero attached hydrogens (tertiary/aromatic N) is 3. The molecule has 0 saturated heterocycles. The molecule has 1 N–H and O–H groups in total. The Bertz CT molecular complexity index is 1320. The van der Waals surface area contributed by atoms with Crippen LogP contribution in [-0.2, 0) is 21.2 Å². The van der Waals surface area contributed by atoms with Crippen LogP contribution < -0.4 is 5.32 Å². The van der Waals surface area contributed by atoms with Crippen molar-refractivity contribution >= 4 is 45.2 Å². The highest BCUT2D eigenvalue weighted by molar-refractivity contribution is 8.01. The molecule has 1 aromatic heterocycles. The number of hydrogen-bond donors (Lipinski definition) is 1. The van der Waals surface area contributed by atoms with Gasteiger partial charge in [0.2, 0.25) is 5.76 Å². The van der Waals surface area contributed by atoms with Crippen molar-refractivity contribution < 1.29 is 22.5 Å². The van der Waals surface area contributed by atoms with E-state index in [9.17, 15) is 18.0 Å². The molecule has 35 heavy (non-hydrogen) atoms. The van der Waals surface area contributed by atoms with Crippen molar-refractivity contribution in [3.05, 3.63) is 77.7 Å². The maximum atomic E-state index is 12.1. The number of benzene rings is 2. The van der Waals surface area contributed by atoms with Gasteiger partial charge in [-0.1, -0.05) is 36.3 Å². The van der Waals surface area contributed by atoms with Crippen LogP contribution in [0.4, 0.5) is 5.69 Å². The van der Waals surface area contributed by atoms with Gasteiger partial charge in [-0.15, -0.1) is 11.8 Å². The zero-order valence-corrected chi connectivity index (χ0v) is 20.8. The van der Waals surface area contributed by atoms with Crippen molar-refractivity contribution in [1.82, 2.24) is 10.2 Å². The summed E-state index contributed by atoms with van der Waals surface area (Å²) >= 11 is 1.52. The number of anilines is 1. The van der Waals surface area contributed by atoms with Gasteiger partial charge in [-0.25, -0.2) is 8.42 Å². The number of nitrogens with one attached hydrogen (secondary N) is 1. The summed E-state index contributed by atoms with van der Waals surface area (Å²) in [5, 5.41) is 12.3. The number of carbonyl (C=O) groups is 2. The second kappa shape index (κ2) is 10.4. The Labute approximate surface area is 207 Å². The minimum absolute atomic E-state index is 0.000729. The van der Waals surface area contributed by atoms with Crippen LogP contribution in [0.5, 0.6) is 0 Å². The predicted octanol–water partition coefficient (Wildman–Crippen LogP) is 3.59. The van der Waals surface area contributed by atoms with E-state index in [-0.39, 0.29) is 15.9 Å². The third kappa shape index (κ3) is 5.80. The number of amides is 1. The van der Waals surface area contributed by atoms with Crippen molar-refractivity contribution in [1.29, 1.82) is 0 Å². The van der Waals surface area contributed by atoms with Gasteiger partial charge in [0.05, 0.1) is 28.6 Å². The number of carbonyl (C=O) groups excluding carboxylic acids is 2. The smallest absolute Gasteiger partial charge is 0.294 e. The van der Waals surface area contributed by atoms with Gasteiger partial charge >= 0.3 is 0 Å². The molecule has 2 atom stereocenters. The fourth-order valence-corrected chi connectivity index (χ4v) is 5.40. The first kappa shape index (κ1) is 24.7. The molecule has 2 heterocycles. The fraction of sp³-hybridized carbons (Fsp3) is 0.250. The first-order valence-electron chi connectivity index (χ1n) is 10.9. The average molecular weight is 513 g/mol. The van der Waals surface area contributed by atoms with E-state index in [1.807, 2.05) is 19.1 Å². The Morgan fingerprint density at radius 3 is 2.43 bits per heavy atom. The van der Waals surface area contributed by atoms with E-state index in [0.29, 0.717) is 12.2 Å². The van der Waals surface area contributed by atoms with E-state index in [2.05, 4.69) is 10.5 Å². The molecule has 3 aromatic rings. The van der Waals surface area contributed by atoms with Crippen LogP contribution in [0.25, 0.3) is 0 Å². The van der Waals surface area contributed by atoms with E-state index >= 15 is 0 Å². The largest absolute Gasteiger partial charge is 0.351 e. The van der Waals surface area contributed by atoms with Crippen LogP contribution in [0.3, 0.4) is 0 Å². The average Bonchev–Trinajstić information content (AvgIpc) is 3.40. The summed E-state index contributed by atoms with van der Waals surface area (Å²) in [6.45, 7) is 2.41. The zero-order chi connectivity index (χ0) is 25.0. The lowest BCUT2D eigenvalue weighted by Gasteiger charge is -2.34. The fourth-order valence-electron chi connectivity index (χ4n) is 3.60. The molecule has 0 bridgehead atoms. The van der Waals surface area contributed by atoms with Gasteiger partial charge in [-0.3, -0.25) is 9.80 Å². The highest BCUT2D eigenvalue weighted by Crippen LogP contribution is 2.32. The molecule has 0 spiro atoms. The van der Waals surface area contributed by atoms with Gasteiger partial charge < -0.3 is 14.6 Å². The minimum Gasteiger partial charge on any atom is -0.351 e. The molecule has 9 nitrogen and oxygen atoms in total. The van der Waals surface area contributed by atoms with Crippen LogP contribution in [0.15, 0.2) is 75.3 Å². The molecule has 0 saturated carbocycles. The summed E-state index contributed by atoms with van der Waals surface area (Å²) in [7, 11) is -3.29. The second-order valence-electron chi connectivity index (χ2n) is 7.97. The normalized spacial score (nSPS) is 18.1. The zero-order valence-electron chi connectivity index (χ0n) is 19.1. The van der Waals surface area contributed by atoms with Crippen LogP contribution in [0.1, 0.15) is 35.0 Å². The number of aldehydes is 1. The molecule has 182 valence electrons. The van der Waals surface area contributed by atoms with Crippen molar-refractivity contribution in [2.75, 3.05) is 11.6 Å². The van der Waals surface area contributed by atoms with Crippen molar-refractivity contribution in [2.45, 2.75) is 35.4 Å². The molecule has 1 aliphatic rings. The Morgan fingerprint density at radius 1 is 1.14 bits per heavy atom. The quantitative estimate of drug-likeness (QED) is 0.455. The molecule has 0 radical (unpaired) electrons. The number of thioether (sulfide) groups is 1. The summed E-state index contributed by atoms with van der Waals surface area (Å²) in [6, 6.07) is 15.4. The van der Waals surface area contributed by atoms with Crippen LogP contribution in [-0.4, -0.2) is 53.4 Å². The summed E-state index contributed by atoms with van der Waals surface area (Å²) < 4.78 is 28.5. The number of sulfone groups is 1. The highest BCUT2D eigenvalue weighted by atomic mass is 32.2. The third-order valence-electron chi connectivity index (χ3n) is 5.42. The van der Waals surface area contributed by atoms with E-state index in [1.165, 1.54) is 30.3 Å². The standard InChI is InChI=1S/C24H24N4O5S2/c1-3-21-23(17-6-10-19(11-7-17)35(2,31)32)27-28(22(15-29)34-21)14-16-4-8-18(9-5-16)26-24(30)20-12-13-25-33-20/h4-13,15,21-22H,3,14H2,1-2H3,(H,26,30)/t21-,22?/m1/s1.